The first-order chi connectivity index (χ1) is 11.9. The molecule has 2 unspecified atom stereocenters. The molecule has 0 radical (unpaired) electrons. The monoisotopic (exact) mass is 382 g/mol. The Labute approximate surface area is 143 Å². The summed E-state index contributed by atoms with van der Waals surface area (Å²) >= 11 is 0. The highest BCUT2D eigenvalue weighted by Gasteiger charge is 2.37. The second-order valence-corrected chi connectivity index (χ2v) is 5.58. The van der Waals surface area contributed by atoms with E-state index in [2.05, 4.69) is 0 Å². The Balaban J connectivity index is 2.21. The van der Waals surface area contributed by atoms with Crippen molar-refractivity contribution in [3.8, 4) is 0 Å². The van der Waals surface area contributed by atoms with Crippen molar-refractivity contribution in [3.63, 3.8) is 0 Å². The molecule has 2 rings (SSSR count). The largest absolute Gasteiger partial charge is 0.460 e. The second kappa shape index (κ2) is 7.00. The van der Waals surface area contributed by atoms with Gasteiger partial charge in [0.25, 0.3) is 0 Å². The van der Waals surface area contributed by atoms with E-state index in [9.17, 15) is 35.9 Å². The number of benzene rings is 1. The van der Waals surface area contributed by atoms with E-state index in [-0.39, 0.29) is 12.5 Å². The Kier molecular flexibility index (Phi) is 5.33. The molecule has 1 aromatic rings. The average molecular weight is 382 g/mol. The van der Waals surface area contributed by atoms with Crippen LogP contribution in [0.15, 0.2) is 24.3 Å². The maximum atomic E-state index is 12.8. The molecule has 1 heterocycles. The van der Waals surface area contributed by atoms with E-state index in [1.807, 2.05) is 0 Å². The predicted molar refractivity (Wildman–Crippen MR) is 75.5 cm³/mol. The lowest BCUT2D eigenvalue weighted by Gasteiger charge is -2.13. The van der Waals surface area contributed by atoms with Crippen LogP contribution in [0.2, 0.25) is 0 Å². The van der Waals surface area contributed by atoms with E-state index < -0.39 is 53.2 Å². The minimum atomic E-state index is -4.99. The lowest BCUT2D eigenvalue weighted by atomic mass is 10.0. The number of cyclic esters (lactones) is 1. The summed E-state index contributed by atoms with van der Waals surface area (Å²) in [7, 11) is 0. The zero-order chi connectivity index (χ0) is 19.7. The molecule has 1 aliphatic heterocycles. The molecule has 2 atom stereocenters. The fourth-order valence-corrected chi connectivity index (χ4v) is 2.24. The van der Waals surface area contributed by atoms with Crippen molar-refractivity contribution in [1.82, 2.24) is 0 Å². The van der Waals surface area contributed by atoms with Crippen LogP contribution in [0.25, 0.3) is 6.08 Å². The summed E-state index contributed by atoms with van der Waals surface area (Å²) in [6.07, 6.45) is -10.1. The van der Waals surface area contributed by atoms with Gasteiger partial charge in [0, 0.05) is 12.5 Å². The van der Waals surface area contributed by atoms with Crippen molar-refractivity contribution in [2.45, 2.75) is 37.9 Å². The zero-order valence-electron chi connectivity index (χ0n) is 13.1. The second-order valence-electron chi connectivity index (χ2n) is 5.58. The molecular weight excluding hydrogens is 370 g/mol. The van der Waals surface area contributed by atoms with Gasteiger partial charge in [-0.25, -0.2) is 9.59 Å². The summed E-state index contributed by atoms with van der Waals surface area (Å²) < 4.78 is 86.0. The van der Waals surface area contributed by atoms with Gasteiger partial charge in [-0.15, -0.1) is 0 Å². The highest BCUT2D eigenvalue weighted by molar-refractivity contribution is 5.89. The summed E-state index contributed by atoms with van der Waals surface area (Å²) in [6.45, 7) is 1.57. The Morgan fingerprint density at radius 3 is 2.08 bits per heavy atom. The van der Waals surface area contributed by atoms with Gasteiger partial charge in [-0.3, -0.25) is 0 Å². The van der Waals surface area contributed by atoms with Gasteiger partial charge in [0.15, 0.2) is 0 Å². The minimum absolute atomic E-state index is 0.0222. The Morgan fingerprint density at radius 1 is 1.12 bits per heavy atom. The first-order valence-electron chi connectivity index (χ1n) is 7.25. The quantitative estimate of drug-likeness (QED) is 0.451. The molecule has 142 valence electrons. The van der Waals surface area contributed by atoms with Crippen molar-refractivity contribution >= 4 is 18.0 Å². The molecule has 26 heavy (non-hydrogen) atoms. The maximum Gasteiger partial charge on any atom is 0.416 e. The average Bonchev–Trinajstić information content (AvgIpc) is 2.81. The molecule has 0 N–H and O–H groups in total. The van der Waals surface area contributed by atoms with Crippen molar-refractivity contribution in [1.29, 1.82) is 0 Å². The van der Waals surface area contributed by atoms with Gasteiger partial charge in [-0.2, -0.15) is 26.3 Å². The first kappa shape index (κ1) is 19.8. The fraction of sp³-hybridized carbons (Fsp3) is 0.375. The normalized spacial score (nSPS) is 21.1. The van der Waals surface area contributed by atoms with E-state index in [1.165, 1.54) is 0 Å². The maximum absolute atomic E-state index is 12.8. The molecule has 1 aliphatic rings. The number of hydrogen-bond donors (Lipinski definition) is 0. The van der Waals surface area contributed by atoms with Gasteiger partial charge in [-0.1, -0.05) is 0 Å². The summed E-state index contributed by atoms with van der Waals surface area (Å²) in [5, 5.41) is 0. The topological polar surface area (TPSA) is 52.6 Å². The van der Waals surface area contributed by atoms with Crippen LogP contribution in [-0.4, -0.2) is 24.1 Å². The number of carbonyl (C=O) groups is 2. The Hall–Kier alpha value is -2.52. The number of carbonyl (C=O) groups excluding carboxylic acids is 2. The van der Waals surface area contributed by atoms with Crippen molar-refractivity contribution in [3.05, 3.63) is 41.0 Å². The number of alkyl halides is 6. The standard InChI is InChI=1S/C16H12F6O4/c1-8-4-12(14(24)25-8)26-13(23)3-2-9-5-10(15(17,18)19)7-11(6-9)16(20,21)22/h2-3,5-8,12H,4H2,1H3/b3-2+. The summed E-state index contributed by atoms with van der Waals surface area (Å²) in [4.78, 5) is 23.0. The Bertz CT molecular complexity index is 703. The van der Waals surface area contributed by atoms with E-state index >= 15 is 0 Å². The molecule has 0 saturated carbocycles. The van der Waals surface area contributed by atoms with Crippen LogP contribution < -0.4 is 0 Å². The van der Waals surface area contributed by atoms with Crippen LogP contribution in [0.4, 0.5) is 26.3 Å². The summed E-state index contributed by atoms with van der Waals surface area (Å²) in [5.74, 6) is -1.86. The molecule has 0 bridgehead atoms. The third-order valence-electron chi connectivity index (χ3n) is 3.41. The molecule has 0 aromatic heterocycles. The van der Waals surface area contributed by atoms with Crippen LogP contribution in [0, 0.1) is 0 Å². The number of hydrogen-bond acceptors (Lipinski definition) is 4. The van der Waals surface area contributed by atoms with Gasteiger partial charge in [-0.05, 0) is 36.8 Å². The summed E-state index contributed by atoms with van der Waals surface area (Å²) in [6, 6.07) is 0.904. The lowest BCUT2D eigenvalue weighted by molar-refractivity contribution is -0.157. The third kappa shape index (κ3) is 4.99. The van der Waals surface area contributed by atoms with Crippen LogP contribution in [0.5, 0.6) is 0 Å². The highest BCUT2D eigenvalue weighted by atomic mass is 19.4. The third-order valence-corrected chi connectivity index (χ3v) is 3.41. The summed E-state index contributed by atoms with van der Waals surface area (Å²) in [5.41, 5.74) is -3.51. The highest BCUT2D eigenvalue weighted by Crippen LogP contribution is 2.36. The number of halogens is 6. The minimum Gasteiger partial charge on any atom is -0.460 e. The van der Waals surface area contributed by atoms with Gasteiger partial charge < -0.3 is 9.47 Å². The van der Waals surface area contributed by atoms with Gasteiger partial charge in [0.2, 0.25) is 6.10 Å². The molecule has 1 aromatic carbocycles. The van der Waals surface area contributed by atoms with Crippen LogP contribution >= 0.6 is 0 Å². The predicted octanol–water partition coefficient (Wildman–Crippen LogP) is 3.98. The van der Waals surface area contributed by atoms with Gasteiger partial charge >= 0.3 is 24.3 Å². The van der Waals surface area contributed by atoms with Crippen molar-refractivity contribution in [2.75, 3.05) is 0 Å². The SMILES string of the molecule is CC1CC(OC(=O)/C=C/c2cc(C(F)(F)F)cc(C(F)(F)F)c2)C(=O)O1. The molecular formula is C16H12F6O4. The molecule has 1 fully saturated rings. The van der Waals surface area contributed by atoms with Crippen molar-refractivity contribution in [2.24, 2.45) is 0 Å². The van der Waals surface area contributed by atoms with Gasteiger partial charge in [0.05, 0.1) is 11.1 Å². The molecule has 1 saturated heterocycles. The van der Waals surface area contributed by atoms with E-state index in [4.69, 9.17) is 9.47 Å². The molecule has 0 aliphatic carbocycles. The van der Waals surface area contributed by atoms with Crippen molar-refractivity contribution < 1.29 is 45.4 Å². The Morgan fingerprint density at radius 2 is 1.65 bits per heavy atom. The molecule has 10 heteroatoms. The molecule has 0 amide bonds. The number of ether oxygens (including phenoxy) is 2. The van der Waals surface area contributed by atoms with Crippen LogP contribution in [-0.2, 0) is 31.4 Å². The fourth-order valence-electron chi connectivity index (χ4n) is 2.24. The van der Waals surface area contributed by atoms with Crippen LogP contribution in [0.3, 0.4) is 0 Å². The van der Waals surface area contributed by atoms with Crippen LogP contribution in [0.1, 0.15) is 30.0 Å². The number of esters is 2. The van der Waals surface area contributed by atoms with E-state index in [0.717, 1.165) is 6.08 Å². The van der Waals surface area contributed by atoms with E-state index in [0.29, 0.717) is 18.2 Å². The smallest absolute Gasteiger partial charge is 0.416 e. The zero-order valence-corrected chi connectivity index (χ0v) is 13.1. The molecule has 4 nitrogen and oxygen atoms in total. The number of rotatable bonds is 3. The molecule has 0 spiro atoms. The lowest BCUT2D eigenvalue weighted by Crippen LogP contribution is -2.21. The first-order valence-corrected chi connectivity index (χ1v) is 7.25. The van der Waals surface area contributed by atoms with E-state index in [1.54, 1.807) is 6.92 Å². The van der Waals surface area contributed by atoms with Gasteiger partial charge in [0.1, 0.15) is 6.10 Å².